The minimum Gasteiger partial charge on any atom is -0.395 e. The average molecular weight is 400 g/mol. The van der Waals surface area contributed by atoms with Crippen LogP contribution in [0.25, 0.3) is 11.1 Å². The van der Waals surface area contributed by atoms with Crippen molar-refractivity contribution in [3.63, 3.8) is 0 Å². The molecule has 0 bridgehead atoms. The third kappa shape index (κ3) is 4.47. The molecule has 2 N–H and O–H groups in total. The molecule has 0 heterocycles. The summed E-state index contributed by atoms with van der Waals surface area (Å²) in [6.07, 6.45) is 3.96. The highest BCUT2D eigenvalue weighted by Crippen LogP contribution is 2.37. The molecule has 154 valence electrons. The Morgan fingerprint density at radius 2 is 1.50 bits per heavy atom. The first-order valence-electron chi connectivity index (χ1n) is 10.8. The Morgan fingerprint density at radius 3 is 2.03 bits per heavy atom. The molecular weight excluding hydrogens is 370 g/mol. The van der Waals surface area contributed by atoms with Crippen molar-refractivity contribution in [2.24, 2.45) is 0 Å². The van der Waals surface area contributed by atoms with Crippen LogP contribution >= 0.6 is 0 Å². The van der Waals surface area contributed by atoms with E-state index in [0.29, 0.717) is 0 Å². The number of hydrogen-bond donors (Lipinski definition) is 2. The first-order chi connectivity index (χ1) is 14.7. The largest absolute Gasteiger partial charge is 0.395 e. The molecule has 3 heteroatoms. The van der Waals surface area contributed by atoms with Gasteiger partial charge in [-0.05, 0) is 53.5 Å². The van der Waals surface area contributed by atoms with Crippen molar-refractivity contribution >= 4 is 5.91 Å². The predicted molar refractivity (Wildman–Crippen MR) is 121 cm³/mol. The minimum atomic E-state index is -0.578. The fraction of sp³-hybridized carbons (Fsp3) is 0.296. The van der Waals surface area contributed by atoms with Gasteiger partial charge in [-0.3, -0.25) is 4.79 Å². The number of benzene rings is 3. The predicted octanol–water partition coefficient (Wildman–Crippen LogP) is 5.57. The molecule has 0 spiro atoms. The first-order valence-corrected chi connectivity index (χ1v) is 10.8. The quantitative estimate of drug-likeness (QED) is 0.545. The molecule has 30 heavy (non-hydrogen) atoms. The number of rotatable bonds is 7. The normalized spacial score (nSPS) is 15.8. The molecule has 3 nitrogen and oxygen atoms in total. The smallest absolute Gasteiger partial charge is 0.230 e. The number of carbonyl (C=O) groups is 1. The van der Waals surface area contributed by atoms with E-state index in [1.54, 1.807) is 0 Å². The molecule has 0 radical (unpaired) electrons. The Labute approximate surface area is 178 Å². The molecule has 3 aromatic rings. The van der Waals surface area contributed by atoms with Crippen LogP contribution in [0.15, 0.2) is 78.9 Å². The van der Waals surface area contributed by atoms with Gasteiger partial charge in [0.15, 0.2) is 0 Å². The van der Waals surface area contributed by atoms with Gasteiger partial charge in [-0.2, -0.15) is 0 Å². The van der Waals surface area contributed by atoms with Crippen molar-refractivity contribution < 1.29 is 9.90 Å². The summed E-state index contributed by atoms with van der Waals surface area (Å²) in [6.45, 7) is 1.74. The highest BCUT2D eigenvalue weighted by molar-refractivity contribution is 5.84. The zero-order valence-electron chi connectivity index (χ0n) is 17.4. The summed E-state index contributed by atoms with van der Waals surface area (Å²) < 4.78 is 0. The van der Waals surface area contributed by atoms with Gasteiger partial charge in [-0.15, -0.1) is 0 Å². The van der Waals surface area contributed by atoms with Crippen molar-refractivity contribution in [3.05, 3.63) is 95.6 Å². The maximum absolute atomic E-state index is 12.8. The van der Waals surface area contributed by atoms with Crippen LogP contribution in [0.5, 0.6) is 0 Å². The van der Waals surface area contributed by atoms with Crippen molar-refractivity contribution in [2.45, 2.75) is 44.1 Å². The summed E-state index contributed by atoms with van der Waals surface area (Å²) in [5, 5.41) is 12.9. The molecule has 0 aliphatic heterocycles. The lowest BCUT2D eigenvalue weighted by Crippen LogP contribution is -2.33. The number of carbonyl (C=O) groups excluding carboxylic acids is 1. The monoisotopic (exact) mass is 399 g/mol. The molecule has 1 saturated carbocycles. The Balaban J connectivity index is 1.44. The van der Waals surface area contributed by atoms with Crippen molar-refractivity contribution in [3.8, 4) is 11.1 Å². The average Bonchev–Trinajstić information content (AvgIpc) is 2.75. The second kappa shape index (κ2) is 9.27. The highest BCUT2D eigenvalue weighted by atomic mass is 16.3. The topological polar surface area (TPSA) is 49.3 Å². The maximum Gasteiger partial charge on any atom is 0.230 e. The third-order valence-electron chi connectivity index (χ3n) is 6.29. The molecule has 4 rings (SSSR count). The first kappa shape index (κ1) is 20.4. The molecule has 0 unspecified atom stereocenters. The fourth-order valence-electron chi connectivity index (χ4n) is 4.08. The number of amides is 1. The lowest BCUT2D eigenvalue weighted by Gasteiger charge is -2.25. The van der Waals surface area contributed by atoms with Crippen molar-refractivity contribution in [1.29, 1.82) is 0 Å². The molecule has 1 fully saturated rings. The van der Waals surface area contributed by atoms with Crippen LogP contribution < -0.4 is 5.32 Å². The number of aliphatic hydroxyl groups is 1. The van der Waals surface area contributed by atoms with E-state index in [1.807, 2.05) is 61.5 Å². The fourth-order valence-corrected chi connectivity index (χ4v) is 4.08. The summed E-state index contributed by atoms with van der Waals surface area (Å²) in [6, 6.07) is 26.5. The van der Waals surface area contributed by atoms with Gasteiger partial charge in [0.05, 0.1) is 18.6 Å². The SMILES string of the molecule is C[C@@H](NC(=O)[C@H](CO)c1ccc(-c2ccc(C3CCC3)cc2)cc1)c1ccccc1. The van der Waals surface area contributed by atoms with E-state index in [0.717, 1.165) is 22.6 Å². The van der Waals surface area contributed by atoms with E-state index in [2.05, 4.69) is 29.6 Å². The van der Waals surface area contributed by atoms with Gasteiger partial charge in [0.2, 0.25) is 5.91 Å². The second-order valence-corrected chi connectivity index (χ2v) is 8.25. The van der Waals surface area contributed by atoms with Crippen LogP contribution in [0.1, 0.15) is 60.8 Å². The third-order valence-corrected chi connectivity index (χ3v) is 6.29. The molecule has 1 aliphatic rings. The van der Waals surface area contributed by atoms with Gasteiger partial charge in [-0.1, -0.05) is 85.3 Å². The molecule has 1 aliphatic carbocycles. The second-order valence-electron chi connectivity index (χ2n) is 8.25. The summed E-state index contributed by atoms with van der Waals surface area (Å²) in [5.41, 5.74) is 5.60. The molecule has 0 aromatic heterocycles. The van der Waals surface area contributed by atoms with Gasteiger partial charge in [0.25, 0.3) is 0 Å². The zero-order valence-corrected chi connectivity index (χ0v) is 17.4. The number of hydrogen-bond acceptors (Lipinski definition) is 2. The number of nitrogens with one attached hydrogen (secondary N) is 1. The lowest BCUT2D eigenvalue weighted by atomic mass is 9.80. The molecule has 2 atom stereocenters. The summed E-state index contributed by atoms with van der Waals surface area (Å²) in [7, 11) is 0. The van der Waals surface area contributed by atoms with E-state index >= 15 is 0 Å². The van der Waals surface area contributed by atoms with Crippen molar-refractivity contribution in [1.82, 2.24) is 5.32 Å². The lowest BCUT2D eigenvalue weighted by molar-refractivity contribution is -0.124. The highest BCUT2D eigenvalue weighted by Gasteiger charge is 2.22. The molecule has 0 saturated heterocycles. The van der Waals surface area contributed by atoms with E-state index < -0.39 is 5.92 Å². The summed E-state index contributed by atoms with van der Waals surface area (Å²) in [5.74, 6) is 0.00110. The summed E-state index contributed by atoms with van der Waals surface area (Å²) >= 11 is 0. The van der Waals surface area contributed by atoms with Crippen LogP contribution in [0, 0.1) is 0 Å². The Kier molecular flexibility index (Phi) is 6.29. The molecular formula is C27H29NO2. The summed E-state index contributed by atoms with van der Waals surface area (Å²) in [4.78, 5) is 12.8. The number of aliphatic hydroxyl groups excluding tert-OH is 1. The minimum absolute atomic E-state index is 0.110. The molecule has 1 amide bonds. The van der Waals surface area contributed by atoms with Crippen LogP contribution in [0.2, 0.25) is 0 Å². The van der Waals surface area contributed by atoms with Gasteiger partial charge in [0.1, 0.15) is 0 Å². The van der Waals surface area contributed by atoms with E-state index in [9.17, 15) is 9.90 Å². The Bertz CT molecular complexity index is 960. The van der Waals surface area contributed by atoms with E-state index in [4.69, 9.17) is 0 Å². The molecule has 3 aromatic carbocycles. The van der Waals surface area contributed by atoms with E-state index in [1.165, 1.54) is 30.4 Å². The Morgan fingerprint density at radius 1 is 0.900 bits per heavy atom. The van der Waals surface area contributed by atoms with Crippen LogP contribution in [0.3, 0.4) is 0 Å². The van der Waals surface area contributed by atoms with Crippen LogP contribution in [-0.2, 0) is 4.79 Å². The van der Waals surface area contributed by atoms with Crippen LogP contribution in [0.4, 0.5) is 0 Å². The van der Waals surface area contributed by atoms with Crippen molar-refractivity contribution in [2.75, 3.05) is 6.61 Å². The Hall–Kier alpha value is -2.91. The van der Waals surface area contributed by atoms with E-state index in [-0.39, 0.29) is 18.6 Å². The standard InChI is InChI=1S/C27H29NO2/c1-19(20-6-3-2-4-7-20)28-27(30)26(18-29)25-16-14-24(15-17-25)23-12-10-22(11-13-23)21-8-5-9-21/h2-4,6-7,10-17,19,21,26,29H,5,8-9,18H2,1H3,(H,28,30)/t19-,26-/m1/s1. The van der Waals surface area contributed by atoms with Gasteiger partial charge in [0, 0.05) is 0 Å². The van der Waals surface area contributed by atoms with Gasteiger partial charge < -0.3 is 10.4 Å². The van der Waals surface area contributed by atoms with Gasteiger partial charge in [-0.25, -0.2) is 0 Å². The van der Waals surface area contributed by atoms with Crippen LogP contribution in [-0.4, -0.2) is 17.6 Å². The van der Waals surface area contributed by atoms with Gasteiger partial charge >= 0.3 is 0 Å². The maximum atomic E-state index is 12.8. The zero-order chi connectivity index (χ0) is 20.9.